The zero-order valence-electron chi connectivity index (χ0n) is 15.7. The molecule has 0 radical (unpaired) electrons. The molecule has 152 valence electrons. The number of nitrogens with one attached hydrogen (secondary N) is 2. The average Bonchev–Trinajstić information content (AvgIpc) is 2.76. The largest absolute Gasteiger partial charge is 0.497 e. The molecule has 2 amide bonds. The van der Waals surface area contributed by atoms with Crippen molar-refractivity contribution in [3.8, 4) is 17.2 Å². The lowest BCUT2D eigenvalue weighted by Gasteiger charge is -2.19. The Morgan fingerprint density at radius 1 is 1.03 bits per heavy atom. The van der Waals surface area contributed by atoms with Crippen LogP contribution in [0.2, 0.25) is 0 Å². The maximum absolute atomic E-state index is 12.0. The van der Waals surface area contributed by atoms with Gasteiger partial charge in [-0.1, -0.05) is 6.07 Å². The Morgan fingerprint density at radius 3 is 2.62 bits per heavy atom. The van der Waals surface area contributed by atoms with Crippen molar-refractivity contribution in [3.63, 3.8) is 0 Å². The van der Waals surface area contributed by atoms with Gasteiger partial charge in [-0.15, -0.1) is 0 Å². The molecule has 1 heterocycles. The summed E-state index contributed by atoms with van der Waals surface area (Å²) in [5.74, 6) is -0.0518. The Morgan fingerprint density at radius 2 is 1.83 bits per heavy atom. The predicted octanol–water partition coefficient (Wildman–Crippen LogP) is 1.38. The van der Waals surface area contributed by atoms with E-state index < -0.39 is 24.4 Å². The van der Waals surface area contributed by atoms with E-state index in [0.29, 0.717) is 41.7 Å². The maximum Gasteiger partial charge on any atom is 0.325 e. The van der Waals surface area contributed by atoms with E-state index in [1.54, 1.807) is 42.5 Å². The number of amides is 2. The topological polar surface area (TPSA) is 112 Å². The van der Waals surface area contributed by atoms with Crippen molar-refractivity contribution >= 4 is 23.5 Å². The molecule has 0 unspecified atom stereocenters. The van der Waals surface area contributed by atoms with Crippen molar-refractivity contribution in [2.45, 2.75) is 0 Å². The maximum atomic E-state index is 12.0. The number of methoxy groups -OCH3 is 1. The lowest BCUT2D eigenvalue weighted by molar-refractivity contribution is -0.146. The molecule has 0 atom stereocenters. The van der Waals surface area contributed by atoms with Gasteiger partial charge in [0.1, 0.15) is 25.5 Å². The lowest BCUT2D eigenvalue weighted by Crippen LogP contribution is -2.32. The van der Waals surface area contributed by atoms with E-state index in [9.17, 15) is 14.4 Å². The first-order valence-electron chi connectivity index (χ1n) is 8.82. The minimum Gasteiger partial charge on any atom is -0.497 e. The Hall–Kier alpha value is -3.75. The summed E-state index contributed by atoms with van der Waals surface area (Å²) < 4.78 is 20.8. The Balaban J connectivity index is 1.42. The highest BCUT2D eigenvalue weighted by atomic mass is 16.6. The minimum atomic E-state index is -0.737. The number of rotatable bonds is 7. The van der Waals surface area contributed by atoms with Gasteiger partial charge in [0.2, 0.25) is 0 Å². The summed E-state index contributed by atoms with van der Waals surface area (Å²) in [6, 6.07) is 11.5. The van der Waals surface area contributed by atoms with Crippen molar-refractivity contribution in [2.75, 3.05) is 38.8 Å². The van der Waals surface area contributed by atoms with Crippen LogP contribution >= 0.6 is 0 Å². The zero-order valence-corrected chi connectivity index (χ0v) is 15.7. The smallest absolute Gasteiger partial charge is 0.325 e. The molecule has 0 aromatic heterocycles. The fraction of sp³-hybridized carbons (Fsp3) is 0.250. The summed E-state index contributed by atoms with van der Waals surface area (Å²) in [5, 5.41) is 5.02. The van der Waals surface area contributed by atoms with Gasteiger partial charge in [0.15, 0.2) is 18.1 Å². The number of anilines is 1. The number of benzene rings is 2. The summed E-state index contributed by atoms with van der Waals surface area (Å²) in [6.45, 7) is 0.0577. The van der Waals surface area contributed by atoms with Crippen LogP contribution in [-0.2, 0) is 14.3 Å². The number of hydrogen-bond donors (Lipinski definition) is 2. The van der Waals surface area contributed by atoms with Gasteiger partial charge in [0.05, 0.1) is 7.11 Å². The third-order valence-corrected chi connectivity index (χ3v) is 3.92. The van der Waals surface area contributed by atoms with Gasteiger partial charge in [0, 0.05) is 17.3 Å². The van der Waals surface area contributed by atoms with E-state index in [4.69, 9.17) is 18.9 Å². The number of fused-ring (bicyclic) bond motifs is 1. The normalized spacial score (nSPS) is 11.9. The van der Waals surface area contributed by atoms with Crippen molar-refractivity contribution in [2.24, 2.45) is 0 Å². The van der Waals surface area contributed by atoms with Gasteiger partial charge in [-0.05, 0) is 30.3 Å². The molecular weight excluding hydrogens is 380 g/mol. The average molecular weight is 400 g/mol. The molecule has 9 heteroatoms. The van der Waals surface area contributed by atoms with Crippen molar-refractivity contribution < 1.29 is 33.3 Å². The van der Waals surface area contributed by atoms with Crippen molar-refractivity contribution in [1.82, 2.24) is 5.32 Å². The van der Waals surface area contributed by atoms with Crippen LogP contribution in [0.4, 0.5) is 5.69 Å². The molecule has 2 aromatic rings. The monoisotopic (exact) mass is 400 g/mol. The van der Waals surface area contributed by atoms with Crippen LogP contribution in [0.1, 0.15) is 10.4 Å². The molecule has 0 fully saturated rings. The van der Waals surface area contributed by atoms with E-state index in [2.05, 4.69) is 10.6 Å². The van der Waals surface area contributed by atoms with E-state index in [1.165, 1.54) is 7.11 Å². The molecule has 3 rings (SSSR count). The second kappa shape index (κ2) is 9.45. The molecular formula is C20H20N2O7. The first kappa shape index (κ1) is 20.0. The molecule has 29 heavy (non-hydrogen) atoms. The number of carbonyl (C=O) groups excluding carboxylic acids is 3. The van der Waals surface area contributed by atoms with Gasteiger partial charge < -0.3 is 29.6 Å². The van der Waals surface area contributed by atoms with Gasteiger partial charge >= 0.3 is 5.97 Å². The summed E-state index contributed by atoms with van der Waals surface area (Å²) in [4.78, 5) is 35.8. The third kappa shape index (κ3) is 5.61. The van der Waals surface area contributed by atoms with E-state index in [1.807, 2.05) is 0 Å². The number of esters is 1. The molecule has 9 nitrogen and oxygen atoms in total. The minimum absolute atomic E-state index is 0.341. The molecule has 0 aliphatic carbocycles. The van der Waals surface area contributed by atoms with E-state index in [0.717, 1.165) is 0 Å². The van der Waals surface area contributed by atoms with Crippen LogP contribution < -0.4 is 24.8 Å². The number of hydrogen-bond acceptors (Lipinski definition) is 7. The first-order valence-corrected chi connectivity index (χ1v) is 8.82. The van der Waals surface area contributed by atoms with E-state index in [-0.39, 0.29) is 6.54 Å². The Bertz CT molecular complexity index is 913. The van der Waals surface area contributed by atoms with Gasteiger partial charge in [-0.2, -0.15) is 0 Å². The Kier molecular flexibility index (Phi) is 6.51. The highest BCUT2D eigenvalue weighted by Crippen LogP contribution is 2.32. The number of carbonyl (C=O) groups is 3. The van der Waals surface area contributed by atoms with Crippen LogP contribution in [0.3, 0.4) is 0 Å². The lowest BCUT2D eigenvalue weighted by atomic mass is 10.2. The van der Waals surface area contributed by atoms with Gasteiger partial charge in [-0.3, -0.25) is 14.4 Å². The number of ether oxygens (including phenoxy) is 4. The first-order chi connectivity index (χ1) is 14.0. The van der Waals surface area contributed by atoms with Crippen molar-refractivity contribution in [1.29, 1.82) is 0 Å². The summed E-state index contributed by atoms with van der Waals surface area (Å²) in [6.07, 6.45) is 0. The second-order valence-electron chi connectivity index (χ2n) is 5.98. The second-order valence-corrected chi connectivity index (χ2v) is 5.98. The molecule has 1 aliphatic rings. The predicted molar refractivity (Wildman–Crippen MR) is 102 cm³/mol. The van der Waals surface area contributed by atoms with Crippen molar-refractivity contribution in [3.05, 3.63) is 48.0 Å². The fourth-order valence-corrected chi connectivity index (χ4v) is 2.53. The standard InChI is InChI=1S/C20H20N2O7/c1-26-15-4-2-3-13(9-15)20(25)21-11-19(24)29-12-18(23)22-14-5-6-16-17(10-14)28-8-7-27-16/h2-6,9-10H,7-8,11-12H2,1H3,(H,21,25)(H,22,23). The fourth-order valence-electron chi connectivity index (χ4n) is 2.53. The molecule has 0 spiro atoms. The summed E-state index contributed by atoms with van der Waals surface area (Å²) in [5.41, 5.74) is 0.829. The molecule has 1 aliphatic heterocycles. The quantitative estimate of drug-likeness (QED) is 0.675. The van der Waals surface area contributed by atoms with Gasteiger partial charge in [0.25, 0.3) is 11.8 Å². The molecule has 2 aromatic carbocycles. The molecule has 0 bridgehead atoms. The summed E-state index contributed by atoms with van der Waals surface area (Å²) >= 11 is 0. The zero-order chi connectivity index (χ0) is 20.6. The van der Waals surface area contributed by atoms with Gasteiger partial charge in [-0.25, -0.2) is 0 Å². The van der Waals surface area contributed by atoms with E-state index >= 15 is 0 Å². The molecule has 0 saturated carbocycles. The SMILES string of the molecule is COc1cccc(C(=O)NCC(=O)OCC(=O)Nc2ccc3c(c2)OCCO3)c1. The summed E-state index contributed by atoms with van der Waals surface area (Å²) in [7, 11) is 1.49. The molecule has 0 saturated heterocycles. The highest BCUT2D eigenvalue weighted by Gasteiger charge is 2.14. The van der Waals surface area contributed by atoms with Crippen LogP contribution in [0.25, 0.3) is 0 Å². The van der Waals surface area contributed by atoms with Crippen LogP contribution in [0.5, 0.6) is 17.2 Å². The van der Waals surface area contributed by atoms with Crippen LogP contribution in [-0.4, -0.2) is 51.3 Å². The third-order valence-electron chi connectivity index (χ3n) is 3.92. The van der Waals surface area contributed by atoms with Crippen LogP contribution in [0.15, 0.2) is 42.5 Å². The highest BCUT2D eigenvalue weighted by molar-refractivity contribution is 5.97. The molecule has 2 N–H and O–H groups in total. The van der Waals surface area contributed by atoms with Crippen LogP contribution in [0, 0.1) is 0 Å². The Labute approximate surface area is 166 Å².